The lowest BCUT2D eigenvalue weighted by atomic mass is 9.94. The van der Waals surface area contributed by atoms with Gasteiger partial charge in [-0.05, 0) is 39.8 Å². The minimum atomic E-state index is 0.0191. The van der Waals surface area contributed by atoms with Crippen molar-refractivity contribution in [2.24, 2.45) is 5.73 Å². The quantitative estimate of drug-likeness (QED) is 0.707. The fraction of sp³-hybridized carbons (Fsp3) is 1.00. The maximum atomic E-state index is 5.84. The van der Waals surface area contributed by atoms with Crippen molar-refractivity contribution >= 4 is 0 Å². The van der Waals surface area contributed by atoms with Crippen LogP contribution in [0.25, 0.3) is 0 Å². The van der Waals surface area contributed by atoms with Gasteiger partial charge in [0, 0.05) is 13.7 Å². The van der Waals surface area contributed by atoms with Crippen molar-refractivity contribution in [2.75, 3.05) is 26.7 Å². The van der Waals surface area contributed by atoms with Gasteiger partial charge in [-0.15, -0.1) is 0 Å². The van der Waals surface area contributed by atoms with Crippen molar-refractivity contribution in [3.63, 3.8) is 0 Å². The molecule has 2 atom stereocenters. The summed E-state index contributed by atoms with van der Waals surface area (Å²) in [5.74, 6) is 0. The zero-order valence-corrected chi connectivity index (χ0v) is 9.05. The van der Waals surface area contributed by atoms with Crippen molar-refractivity contribution in [1.82, 2.24) is 4.90 Å². The Morgan fingerprint density at radius 1 is 1.46 bits per heavy atom. The average Bonchev–Trinajstić information content (AvgIpc) is 2.68. The molecule has 13 heavy (non-hydrogen) atoms. The summed E-state index contributed by atoms with van der Waals surface area (Å²) in [6, 6.07) is 0. The molecule has 1 fully saturated rings. The monoisotopic (exact) mass is 186 g/mol. The lowest BCUT2D eigenvalue weighted by molar-refractivity contribution is -0.0206. The zero-order chi connectivity index (χ0) is 9.90. The summed E-state index contributed by atoms with van der Waals surface area (Å²) in [7, 11) is 1.76. The highest BCUT2D eigenvalue weighted by atomic mass is 16.5. The molecule has 2 unspecified atom stereocenters. The number of hydrogen-bond acceptors (Lipinski definition) is 3. The molecule has 1 aliphatic heterocycles. The number of hydrogen-bond donors (Lipinski definition) is 1. The first kappa shape index (κ1) is 11.0. The van der Waals surface area contributed by atoms with Gasteiger partial charge in [-0.1, -0.05) is 0 Å². The Kier molecular flexibility index (Phi) is 3.71. The van der Waals surface area contributed by atoms with Gasteiger partial charge < -0.3 is 10.5 Å². The van der Waals surface area contributed by atoms with Crippen molar-refractivity contribution < 1.29 is 4.74 Å². The molecule has 0 amide bonds. The smallest absolute Gasteiger partial charge is 0.0736 e. The third-order valence-corrected chi connectivity index (χ3v) is 3.47. The van der Waals surface area contributed by atoms with E-state index >= 15 is 0 Å². The molecule has 0 aromatic carbocycles. The number of rotatable bonds is 4. The molecule has 0 aromatic rings. The Bertz CT molecular complexity index is 157. The maximum Gasteiger partial charge on any atom is 0.0736 e. The molecule has 1 rings (SSSR count). The van der Waals surface area contributed by atoms with Gasteiger partial charge in [-0.25, -0.2) is 0 Å². The van der Waals surface area contributed by atoms with E-state index in [-0.39, 0.29) is 11.6 Å². The summed E-state index contributed by atoms with van der Waals surface area (Å²) in [6.45, 7) is 7.31. The van der Waals surface area contributed by atoms with Crippen molar-refractivity contribution in [1.29, 1.82) is 0 Å². The lowest BCUT2D eigenvalue weighted by Crippen LogP contribution is -2.57. The normalized spacial score (nSPS) is 25.8. The number of likely N-dealkylation sites (tertiary alicyclic amines) is 1. The molecule has 3 nitrogen and oxygen atoms in total. The van der Waals surface area contributed by atoms with Gasteiger partial charge in [-0.3, -0.25) is 4.90 Å². The van der Waals surface area contributed by atoms with E-state index in [0.717, 1.165) is 0 Å². The van der Waals surface area contributed by atoms with Crippen LogP contribution in [0.1, 0.15) is 26.7 Å². The van der Waals surface area contributed by atoms with Crippen LogP contribution in [0.5, 0.6) is 0 Å². The third-order valence-electron chi connectivity index (χ3n) is 3.47. The fourth-order valence-corrected chi connectivity index (χ4v) is 2.03. The van der Waals surface area contributed by atoms with Crippen LogP contribution >= 0.6 is 0 Å². The molecule has 0 bridgehead atoms. The molecule has 78 valence electrons. The predicted octanol–water partition coefficient (Wildman–Crippen LogP) is 0.834. The van der Waals surface area contributed by atoms with Crippen LogP contribution in [-0.2, 0) is 4.74 Å². The van der Waals surface area contributed by atoms with E-state index in [1.54, 1.807) is 7.11 Å². The van der Waals surface area contributed by atoms with Gasteiger partial charge in [0.1, 0.15) is 0 Å². The maximum absolute atomic E-state index is 5.84. The van der Waals surface area contributed by atoms with Gasteiger partial charge in [0.25, 0.3) is 0 Å². The Balaban J connectivity index is 2.66. The first-order chi connectivity index (χ1) is 6.15. The molecule has 2 N–H and O–H groups in total. The van der Waals surface area contributed by atoms with Gasteiger partial charge >= 0.3 is 0 Å². The lowest BCUT2D eigenvalue weighted by Gasteiger charge is -2.41. The minimum absolute atomic E-state index is 0.0191. The second-order valence-electron chi connectivity index (χ2n) is 4.13. The number of methoxy groups -OCH3 is 1. The Morgan fingerprint density at radius 3 is 2.38 bits per heavy atom. The van der Waals surface area contributed by atoms with Crippen LogP contribution in [-0.4, -0.2) is 43.3 Å². The van der Waals surface area contributed by atoms with Gasteiger partial charge in [0.2, 0.25) is 0 Å². The molecule has 0 saturated carbocycles. The van der Waals surface area contributed by atoms with Crippen LogP contribution in [0, 0.1) is 0 Å². The van der Waals surface area contributed by atoms with Crippen LogP contribution in [0.15, 0.2) is 0 Å². The van der Waals surface area contributed by atoms with Gasteiger partial charge in [-0.2, -0.15) is 0 Å². The minimum Gasteiger partial charge on any atom is -0.380 e. The van der Waals surface area contributed by atoms with E-state index in [1.807, 2.05) is 0 Å². The Hall–Kier alpha value is -0.120. The summed E-state index contributed by atoms with van der Waals surface area (Å²) >= 11 is 0. The van der Waals surface area contributed by atoms with Crippen molar-refractivity contribution in [3.8, 4) is 0 Å². The van der Waals surface area contributed by atoms with E-state index in [1.165, 1.54) is 25.9 Å². The SMILES string of the molecule is COC(C)C(C)(CN)N1CCCC1. The predicted molar refractivity (Wildman–Crippen MR) is 54.7 cm³/mol. The summed E-state index contributed by atoms with van der Waals surface area (Å²) in [6.07, 6.45) is 2.80. The number of ether oxygens (including phenoxy) is 1. The van der Waals surface area contributed by atoms with Crippen molar-refractivity contribution in [2.45, 2.75) is 38.3 Å². The largest absolute Gasteiger partial charge is 0.380 e. The highest BCUT2D eigenvalue weighted by molar-refractivity contribution is 4.94. The summed E-state index contributed by atoms with van der Waals surface area (Å²) in [5, 5.41) is 0. The number of nitrogens with zero attached hydrogens (tertiary/aromatic N) is 1. The fourth-order valence-electron chi connectivity index (χ4n) is 2.03. The van der Waals surface area contributed by atoms with Gasteiger partial charge in [0.15, 0.2) is 0 Å². The van der Waals surface area contributed by atoms with E-state index in [2.05, 4.69) is 18.7 Å². The van der Waals surface area contributed by atoms with Crippen LogP contribution < -0.4 is 5.73 Å². The van der Waals surface area contributed by atoms with Crippen LogP contribution in [0.3, 0.4) is 0 Å². The Labute approximate surface area is 81.2 Å². The van der Waals surface area contributed by atoms with E-state index < -0.39 is 0 Å². The summed E-state index contributed by atoms with van der Waals surface area (Å²) < 4.78 is 5.40. The topological polar surface area (TPSA) is 38.5 Å². The molecule has 3 heteroatoms. The van der Waals surface area contributed by atoms with E-state index in [4.69, 9.17) is 10.5 Å². The second-order valence-corrected chi connectivity index (χ2v) is 4.13. The number of nitrogens with two attached hydrogens (primary N) is 1. The highest BCUT2D eigenvalue weighted by Gasteiger charge is 2.37. The standard InChI is InChI=1S/C10H22N2O/c1-9(13-3)10(2,8-11)12-6-4-5-7-12/h9H,4-8,11H2,1-3H3. The highest BCUT2D eigenvalue weighted by Crippen LogP contribution is 2.25. The Morgan fingerprint density at radius 2 is 2.00 bits per heavy atom. The molecule has 1 saturated heterocycles. The van der Waals surface area contributed by atoms with E-state index in [9.17, 15) is 0 Å². The zero-order valence-electron chi connectivity index (χ0n) is 9.05. The third kappa shape index (κ3) is 2.03. The van der Waals surface area contributed by atoms with Gasteiger partial charge in [0.05, 0.1) is 11.6 Å². The summed E-state index contributed by atoms with van der Waals surface area (Å²) in [5.41, 5.74) is 5.86. The molecule has 0 radical (unpaired) electrons. The van der Waals surface area contributed by atoms with Crippen LogP contribution in [0.2, 0.25) is 0 Å². The van der Waals surface area contributed by atoms with Crippen LogP contribution in [0.4, 0.5) is 0 Å². The van der Waals surface area contributed by atoms with Crippen molar-refractivity contribution in [3.05, 3.63) is 0 Å². The molecular formula is C10H22N2O. The average molecular weight is 186 g/mol. The second kappa shape index (κ2) is 4.40. The molecule has 0 spiro atoms. The summed E-state index contributed by atoms with van der Waals surface area (Å²) in [4.78, 5) is 2.46. The first-order valence-electron chi connectivity index (χ1n) is 5.13. The molecule has 1 heterocycles. The molecule has 0 aromatic heterocycles. The van der Waals surface area contributed by atoms with E-state index in [0.29, 0.717) is 6.54 Å². The first-order valence-corrected chi connectivity index (χ1v) is 5.13. The molecular weight excluding hydrogens is 164 g/mol. The molecule has 0 aliphatic carbocycles. The molecule has 1 aliphatic rings.